The summed E-state index contributed by atoms with van der Waals surface area (Å²) in [5.41, 5.74) is 0.214. The van der Waals surface area contributed by atoms with Gasteiger partial charge >= 0.3 is 0 Å². The second-order valence-electron chi connectivity index (χ2n) is 7.07. The Morgan fingerprint density at radius 1 is 1.26 bits per heavy atom. The van der Waals surface area contributed by atoms with Crippen molar-refractivity contribution in [3.8, 4) is 0 Å². The van der Waals surface area contributed by atoms with E-state index in [-0.39, 0.29) is 5.54 Å². The molecule has 0 bridgehead atoms. The minimum atomic E-state index is 0.214. The van der Waals surface area contributed by atoms with Crippen molar-refractivity contribution in [3.63, 3.8) is 0 Å². The smallest absolute Gasteiger partial charge is 0.0469 e. The molecule has 0 aliphatic carbocycles. The molecule has 1 heterocycles. The summed E-state index contributed by atoms with van der Waals surface area (Å²) >= 11 is 0. The Morgan fingerprint density at radius 3 is 2.42 bits per heavy atom. The van der Waals surface area contributed by atoms with E-state index in [9.17, 15) is 0 Å². The van der Waals surface area contributed by atoms with Gasteiger partial charge in [-0.1, -0.05) is 13.3 Å². The molecular weight excluding hydrogens is 236 g/mol. The number of hydrogen-bond donors (Lipinski definition) is 1. The predicted molar refractivity (Wildman–Crippen MR) is 82.6 cm³/mol. The molecule has 1 unspecified atom stereocenters. The fourth-order valence-electron chi connectivity index (χ4n) is 2.72. The van der Waals surface area contributed by atoms with E-state index in [0.717, 1.165) is 25.7 Å². The molecule has 1 atom stereocenters. The van der Waals surface area contributed by atoms with Crippen LogP contribution < -0.4 is 5.32 Å². The molecular formula is C16H34N2O. The Labute approximate surface area is 120 Å². The first-order chi connectivity index (χ1) is 8.92. The molecule has 1 aliphatic rings. The van der Waals surface area contributed by atoms with Crippen LogP contribution in [0.5, 0.6) is 0 Å². The highest BCUT2D eigenvalue weighted by atomic mass is 16.5. The maximum atomic E-state index is 5.45. The lowest BCUT2D eigenvalue weighted by Crippen LogP contribution is -2.47. The van der Waals surface area contributed by atoms with Gasteiger partial charge in [0, 0.05) is 37.9 Å². The Hall–Kier alpha value is -0.120. The molecule has 0 saturated carbocycles. The number of likely N-dealkylation sites (N-methyl/N-ethyl adjacent to an activating group) is 1. The lowest BCUT2D eigenvalue weighted by Gasteiger charge is -2.34. The maximum absolute atomic E-state index is 5.45. The van der Waals surface area contributed by atoms with Crippen molar-refractivity contribution in [3.05, 3.63) is 0 Å². The van der Waals surface area contributed by atoms with Crippen LogP contribution in [0.25, 0.3) is 0 Å². The zero-order valence-electron chi connectivity index (χ0n) is 13.7. The number of ether oxygens (including phenoxy) is 1. The number of nitrogens with zero attached hydrogens (tertiary/aromatic N) is 1. The Bertz CT molecular complexity index is 231. The second kappa shape index (κ2) is 8.23. The molecule has 1 rings (SSSR count). The molecule has 0 aromatic rings. The van der Waals surface area contributed by atoms with Crippen molar-refractivity contribution in [2.75, 3.05) is 33.4 Å². The normalized spacial score (nSPS) is 19.9. The van der Waals surface area contributed by atoms with E-state index in [1.54, 1.807) is 0 Å². The van der Waals surface area contributed by atoms with Gasteiger partial charge in [-0.15, -0.1) is 0 Å². The monoisotopic (exact) mass is 270 g/mol. The molecule has 114 valence electrons. The van der Waals surface area contributed by atoms with Gasteiger partial charge in [-0.2, -0.15) is 0 Å². The minimum Gasteiger partial charge on any atom is -0.381 e. The fourth-order valence-corrected chi connectivity index (χ4v) is 2.72. The van der Waals surface area contributed by atoms with E-state index in [0.29, 0.717) is 6.04 Å². The summed E-state index contributed by atoms with van der Waals surface area (Å²) < 4.78 is 5.45. The number of hydrogen-bond acceptors (Lipinski definition) is 3. The van der Waals surface area contributed by atoms with E-state index >= 15 is 0 Å². The Balaban J connectivity index is 2.39. The molecule has 1 aliphatic heterocycles. The average molecular weight is 270 g/mol. The number of rotatable bonds is 7. The van der Waals surface area contributed by atoms with Crippen LogP contribution in [0, 0.1) is 5.92 Å². The van der Waals surface area contributed by atoms with E-state index in [2.05, 4.69) is 45.0 Å². The summed E-state index contributed by atoms with van der Waals surface area (Å²) in [5, 5.41) is 3.66. The van der Waals surface area contributed by atoms with Crippen molar-refractivity contribution in [1.82, 2.24) is 10.2 Å². The summed E-state index contributed by atoms with van der Waals surface area (Å²) in [6.45, 7) is 13.2. The van der Waals surface area contributed by atoms with Gasteiger partial charge in [0.25, 0.3) is 0 Å². The van der Waals surface area contributed by atoms with Gasteiger partial charge < -0.3 is 15.0 Å². The summed E-state index contributed by atoms with van der Waals surface area (Å²) in [4.78, 5) is 2.57. The van der Waals surface area contributed by atoms with Crippen molar-refractivity contribution >= 4 is 0 Å². The van der Waals surface area contributed by atoms with Crippen LogP contribution >= 0.6 is 0 Å². The quantitative estimate of drug-likeness (QED) is 0.770. The van der Waals surface area contributed by atoms with Crippen molar-refractivity contribution in [2.45, 2.75) is 65.0 Å². The third-order valence-corrected chi connectivity index (χ3v) is 4.00. The summed E-state index contributed by atoms with van der Waals surface area (Å²) in [6.07, 6.45) is 5.00. The van der Waals surface area contributed by atoms with Crippen LogP contribution in [-0.4, -0.2) is 49.8 Å². The van der Waals surface area contributed by atoms with Crippen LogP contribution in [0.1, 0.15) is 53.4 Å². The summed E-state index contributed by atoms with van der Waals surface area (Å²) in [5.74, 6) is 0.827. The molecule has 0 amide bonds. The van der Waals surface area contributed by atoms with Crippen LogP contribution in [0.3, 0.4) is 0 Å². The van der Waals surface area contributed by atoms with Gasteiger partial charge in [0.15, 0.2) is 0 Å². The highest BCUT2D eigenvalue weighted by Gasteiger charge is 2.21. The van der Waals surface area contributed by atoms with E-state index in [1.165, 1.54) is 32.2 Å². The van der Waals surface area contributed by atoms with Gasteiger partial charge in [0.05, 0.1) is 0 Å². The highest BCUT2D eigenvalue weighted by molar-refractivity contribution is 4.79. The summed E-state index contributed by atoms with van der Waals surface area (Å²) in [7, 11) is 2.29. The standard InChI is InChI=1S/C16H34N2O/c1-6-7-15(12-17-16(2,3)4)18(5)13-14-8-10-19-11-9-14/h14-15,17H,6-13H2,1-5H3. The van der Waals surface area contributed by atoms with Crippen LogP contribution in [0.2, 0.25) is 0 Å². The van der Waals surface area contributed by atoms with Gasteiger partial charge in [-0.25, -0.2) is 0 Å². The molecule has 0 spiro atoms. The molecule has 1 fully saturated rings. The Morgan fingerprint density at radius 2 is 1.89 bits per heavy atom. The van der Waals surface area contributed by atoms with Gasteiger partial charge in [-0.05, 0) is 53.0 Å². The highest BCUT2D eigenvalue weighted by Crippen LogP contribution is 2.18. The average Bonchev–Trinajstić information content (AvgIpc) is 2.34. The topological polar surface area (TPSA) is 24.5 Å². The third-order valence-electron chi connectivity index (χ3n) is 4.00. The first kappa shape index (κ1) is 16.9. The second-order valence-corrected chi connectivity index (χ2v) is 7.07. The first-order valence-electron chi connectivity index (χ1n) is 7.95. The molecule has 1 saturated heterocycles. The van der Waals surface area contributed by atoms with E-state index in [1.807, 2.05) is 0 Å². The Kier molecular flexibility index (Phi) is 7.33. The number of nitrogens with one attached hydrogen (secondary N) is 1. The lowest BCUT2D eigenvalue weighted by atomic mass is 9.98. The van der Waals surface area contributed by atoms with Crippen LogP contribution in [0.15, 0.2) is 0 Å². The van der Waals surface area contributed by atoms with Gasteiger partial charge in [-0.3, -0.25) is 0 Å². The summed E-state index contributed by atoms with van der Waals surface area (Å²) in [6, 6.07) is 0.659. The molecule has 19 heavy (non-hydrogen) atoms. The molecule has 0 radical (unpaired) electrons. The zero-order valence-corrected chi connectivity index (χ0v) is 13.7. The first-order valence-corrected chi connectivity index (χ1v) is 7.95. The molecule has 0 aromatic carbocycles. The minimum absolute atomic E-state index is 0.214. The van der Waals surface area contributed by atoms with Gasteiger partial charge in [0.2, 0.25) is 0 Å². The van der Waals surface area contributed by atoms with Crippen molar-refractivity contribution in [2.24, 2.45) is 5.92 Å². The van der Waals surface area contributed by atoms with Crippen molar-refractivity contribution < 1.29 is 4.74 Å². The largest absolute Gasteiger partial charge is 0.381 e. The van der Waals surface area contributed by atoms with E-state index in [4.69, 9.17) is 4.74 Å². The zero-order chi connectivity index (χ0) is 14.3. The predicted octanol–water partition coefficient (Wildman–Crippen LogP) is 2.90. The maximum Gasteiger partial charge on any atom is 0.0469 e. The van der Waals surface area contributed by atoms with Crippen LogP contribution in [-0.2, 0) is 4.74 Å². The molecule has 3 nitrogen and oxygen atoms in total. The molecule has 3 heteroatoms. The third kappa shape index (κ3) is 7.28. The fraction of sp³-hybridized carbons (Fsp3) is 1.00. The molecule has 1 N–H and O–H groups in total. The van der Waals surface area contributed by atoms with E-state index < -0.39 is 0 Å². The van der Waals surface area contributed by atoms with Crippen LogP contribution in [0.4, 0.5) is 0 Å². The SMILES string of the molecule is CCCC(CNC(C)(C)C)N(C)CC1CCOCC1. The van der Waals surface area contributed by atoms with Crippen molar-refractivity contribution in [1.29, 1.82) is 0 Å². The lowest BCUT2D eigenvalue weighted by molar-refractivity contribution is 0.0491. The van der Waals surface area contributed by atoms with Gasteiger partial charge in [0.1, 0.15) is 0 Å². The molecule has 0 aromatic heterocycles.